The first-order valence-electron chi connectivity index (χ1n) is 9.31. The molecule has 0 saturated heterocycles. The van der Waals surface area contributed by atoms with Gasteiger partial charge in [-0.2, -0.15) is 0 Å². The fourth-order valence-corrected chi connectivity index (χ4v) is 4.47. The molecule has 0 aromatic carbocycles. The average Bonchev–Trinajstić information content (AvgIpc) is 2.49. The Kier molecular flexibility index (Phi) is 7.46. The molecule has 2 heteroatoms. The fraction of sp³-hybridized carbons (Fsp3) is 0.609. The topological polar surface area (TPSA) is 21.6 Å². The molecule has 0 bridgehead atoms. The highest BCUT2D eigenvalue weighted by atomic mass is 16.5. The van der Waals surface area contributed by atoms with Crippen LogP contribution in [0, 0.1) is 16.7 Å². The van der Waals surface area contributed by atoms with Crippen molar-refractivity contribution in [3.8, 4) is 0 Å². The molecular weight excluding hydrogens is 306 g/mol. The summed E-state index contributed by atoms with van der Waals surface area (Å²) in [5.41, 5.74) is 3.93. The van der Waals surface area contributed by atoms with Gasteiger partial charge in [-0.1, -0.05) is 52.5 Å². The van der Waals surface area contributed by atoms with Crippen LogP contribution in [0.25, 0.3) is 0 Å². The van der Waals surface area contributed by atoms with Gasteiger partial charge in [-0.3, -0.25) is 4.99 Å². The second-order valence-electron chi connectivity index (χ2n) is 8.79. The van der Waals surface area contributed by atoms with Crippen molar-refractivity contribution < 1.29 is 4.74 Å². The zero-order valence-electron chi connectivity index (χ0n) is 17.6. The largest absolute Gasteiger partial charge is 0.501 e. The molecule has 1 fully saturated rings. The number of allylic oxidation sites excluding steroid dienone is 7. The van der Waals surface area contributed by atoms with Crippen LogP contribution in [0.5, 0.6) is 0 Å². The van der Waals surface area contributed by atoms with Crippen molar-refractivity contribution in [1.82, 2.24) is 0 Å². The van der Waals surface area contributed by atoms with Gasteiger partial charge in [-0.25, -0.2) is 0 Å². The maximum Gasteiger partial charge on any atom is 0.101 e. The molecule has 1 aliphatic carbocycles. The minimum Gasteiger partial charge on any atom is -0.501 e. The quantitative estimate of drug-likeness (QED) is 0.293. The number of ether oxygens (including phenoxy) is 1. The predicted octanol–water partition coefficient (Wildman–Crippen LogP) is 6.87. The minimum atomic E-state index is 0.355. The number of nitrogens with zero attached hydrogens (tertiary/aromatic N) is 1. The van der Waals surface area contributed by atoms with Crippen molar-refractivity contribution in [3.05, 3.63) is 47.9 Å². The van der Waals surface area contributed by atoms with Gasteiger partial charge in [-0.05, 0) is 56.9 Å². The number of rotatable bonds is 6. The summed E-state index contributed by atoms with van der Waals surface area (Å²) in [5, 5.41) is 0. The van der Waals surface area contributed by atoms with Gasteiger partial charge in [0.1, 0.15) is 5.76 Å². The Balaban J connectivity index is 3.20. The standard InChI is InChI=1S/C23H37NO/c1-10-12-13-20(18(4)25-9)17(3)24-21(11-2)19-14-22(5,6)16-23(7,8)15-19/h10-13,19H,1,14-16H2,2-9H3/b13-12-,20-18-,21-11-,24-17-. The normalized spacial score (nSPS) is 22.7. The monoisotopic (exact) mass is 343 g/mol. The van der Waals surface area contributed by atoms with Gasteiger partial charge in [0.2, 0.25) is 0 Å². The van der Waals surface area contributed by atoms with E-state index in [-0.39, 0.29) is 0 Å². The van der Waals surface area contributed by atoms with Crippen LogP contribution in [0.1, 0.15) is 67.7 Å². The average molecular weight is 344 g/mol. The second-order valence-corrected chi connectivity index (χ2v) is 8.79. The first-order chi connectivity index (χ1) is 11.5. The molecule has 0 amide bonds. The van der Waals surface area contributed by atoms with Crippen molar-refractivity contribution in [2.24, 2.45) is 21.7 Å². The van der Waals surface area contributed by atoms with Crippen LogP contribution in [0.3, 0.4) is 0 Å². The molecule has 0 heterocycles. The van der Waals surface area contributed by atoms with Gasteiger partial charge in [0, 0.05) is 22.9 Å². The minimum absolute atomic E-state index is 0.355. The van der Waals surface area contributed by atoms with E-state index in [0.717, 1.165) is 17.0 Å². The Labute approximate surface area is 155 Å². The summed E-state index contributed by atoms with van der Waals surface area (Å²) in [7, 11) is 1.70. The molecule has 0 radical (unpaired) electrons. The van der Waals surface area contributed by atoms with Crippen molar-refractivity contribution >= 4 is 5.71 Å². The van der Waals surface area contributed by atoms with Crippen LogP contribution in [0.2, 0.25) is 0 Å². The molecule has 0 aromatic heterocycles. The van der Waals surface area contributed by atoms with Crippen molar-refractivity contribution in [3.63, 3.8) is 0 Å². The van der Waals surface area contributed by atoms with Crippen molar-refractivity contribution in [2.45, 2.75) is 67.7 Å². The number of aliphatic imine (C=N–C) groups is 1. The lowest BCUT2D eigenvalue weighted by Crippen LogP contribution is -2.34. The highest BCUT2D eigenvalue weighted by Gasteiger charge is 2.39. The van der Waals surface area contributed by atoms with Gasteiger partial charge in [-0.15, -0.1) is 0 Å². The molecule has 0 aliphatic heterocycles. The third-order valence-electron chi connectivity index (χ3n) is 5.04. The molecule has 0 aromatic rings. The van der Waals surface area contributed by atoms with E-state index in [1.165, 1.54) is 25.0 Å². The summed E-state index contributed by atoms with van der Waals surface area (Å²) in [5.74, 6) is 1.38. The van der Waals surface area contributed by atoms with Crippen molar-refractivity contribution in [2.75, 3.05) is 7.11 Å². The van der Waals surface area contributed by atoms with E-state index >= 15 is 0 Å². The highest BCUT2D eigenvalue weighted by molar-refractivity contribution is 6.01. The van der Waals surface area contributed by atoms with E-state index in [0.29, 0.717) is 16.7 Å². The Hall–Kier alpha value is -1.57. The smallest absolute Gasteiger partial charge is 0.101 e. The molecule has 1 saturated carbocycles. The Morgan fingerprint density at radius 3 is 2.12 bits per heavy atom. The van der Waals surface area contributed by atoms with Gasteiger partial charge >= 0.3 is 0 Å². The summed E-state index contributed by atoms with van der Waals surface area (Å²) in [4.78, 5) is 5.03. The zero-order valence-corrected chi connectivity index (χ0v) is 17.6. The lowest BCUT2D eigenvalue weighted by molar-refractivity contribution is 0.0813. The second kappa shape index (κ2) is 8.69. The highest BCUT2D eigenvalue weighted by Crippen LogP contribution is 2.50. The first-order valence-corrected chi connectivity index (χ1v) is 9.31. The molecule has 25 heavy (non-hydrogen) atoms. The molecule has 0 unspecified atom stereocenters. The molecule has 140 valence electrons. The van der Waals surface area contributed by atoms with Gasteiger partial charge in [0.15, 0.2) is 0 Å². The number of hydrogen-bond donors (Lipinski definition) is 0. The summed E-state index contributed by atoms with van der Waals surface area (Å²) < 4.78 is 5.45. The van der Waals surface area contributed by atoms with E-state index in [1.54, 1.807) is 13.2 Å². The van der Waals surface area contributed by atoms with Crippen molar-refractivity contribution in [1.29, 1.82) is 0 Å². The van der Waals surface area contributed by atoms with E-state index in [9.17, 15) is 0 Å². The summed E-state index contributed by atoms with van der Waals surface area (Å²) in [6.07, 6.45) is 11.6. The molecule has 0 N–H and O–H groups in total. The maximum atomic E-state index is 5.45. The van der Waals surface area contributed by atoms with Crippen LogP contribution < -0.4 is 0 Å². The first kappa shape index (κ1) is 21.5. The van der Waals surface area contributed by atoms with Gasteiger partial charge in [0.05, 0.1) is 7.11 Å². The molecule has 1 aliphatic rings. The zero-order chi connectivity index (χ0) is 19.3. The summed E-state index contributed by atoms with van der Waals surface area (Å²) in [6, 6.07) is 0. The fourth-order valence-electron chi connectivity index (χ4n) is 4.47. The van der Waals surface area contributed by atoms with Crippen LogP contribution in [-0.2, 0) is 4.74 Å². The molecule has 2 nitrogen and oxygen atoms in total. The van der Waals surface area contributed by atoms with Gasteiger partial charge in [0.25, 0.3) is 0 Å². The molecule has 0 spiro atoms. The van der Waals surface area contributed by atoms with Gasteiger partial charge < -0.3 is 4.74 Å². The Bertz CT molecular complexity index is 584. The number of methoxy groups -OCH3 is 1. The third-order valence-corrected chi connectivity index (χ3v) is 5.04. The maximum absolute atomic E-state index is 5.45. The van der Waals surface area contributed by atoms with Crippen LogP contribution in [0.15, 0.2) is 52.9 Å². The number of hydrogen-bond acceptors (Lipinski definition) is 2. The van der Waals surface area contributed by atoms with E-state index in [1.807, 2.05) is 19.1 Å². The lowest BCUT2D eigenvalue weighted by Gasteiger charge is -2.45. The Morgan fingerprint density at radius 2 is 1.68 bits per heavy atom. The molecular formula is C23H37NO. The predicted molar refractivity (Wildman–Crippen MR) is 111 cm³/mol. The summed E-state index contributed by atoms with van der Waals surface area (Å²) >= 11 is 0. The van der Waals surface area contributed by atoms with E-state index in [2.05, 4.69) is 54.2 Å². The Morgan fingerprint density at radius 1 is 1.12 bits per heavy atom. The van der Waals surface area contributed by atoms with Crippen LogP contribution in [0.4, 0.5) is 0 Å². The lowest BCUT2D eigenvalue weighted by atomic mass is 9.61. The van der Waals surface area contributed by atoms with Crippen LogP contribution >= 0.6 is 0 Å². The summed E-state index contributed by atoms with van der Waals surface area (Å²) in [6.45, 7) is 19.4. The van der Waals surface area contributed by atoms with Crippen LogP contribution in [-0.4, -0.2) is 12.8 Å². The van der Waals surface area contributed by atoms with E-state index in [4.69, 9.17) is 9.73 Å². The molecule has 0 atom stereocenters. The van der Waals surface area contributed by atoms with E-state index < -0.39 is 0 Å². The third kappa shape index (κ3) is 6.34. The SMILES string of the molecule is C=C\C=C/C(C(/C)=N\C(=C/C)C1CC(C)(C)CC(C)(C)C1)=C(\C)OC. The molecule has 1 rings (SSSR count).